The van der Waals surface area contributed by atoms with Crippen LogP contribution in [0.4, 0.5) is 19.0 Å². The van der Waals surface area contributed by atoms with Crippen LogP contribution >= 0.6 is 0 Å². The summed E-state index contributed by atoms with van der Waals surface area (Å²) < 4.78 is 43.3. The third kappa shape index (κ3) is 3.53. The zero-order chi connectivity index (χ0) is 18.3. The van der Waals surface area contributed by atoms with E-state index in [1.165, 1.54) is 6.07 Å². The van der Waals surface area contributed by atoms with Gasteiger partial charge in [-0.05, 0) is 31.9 Å². The lowest BCUT2D eigenvalue weighted by molar-refractivity contribution is -0.137. The molecule has 0 aromatic carbocycles. The molecule has 0 bridgehead atoms. The maximum atomic E-state index is 12.6. The van der Waals surface area contributed by atoms with E-state index in [-0.39, 0.29) is 6.04 Å². The molecule has 4 rings (SSSR count). The molecule has 0 N–H and O–H groups in total. The number of halogens is 3. The van der Waals surface area contributed by atoms with Gasteiger partial charge in [0.05, 0.1) is 11.6 Å². The molecule has 1 aliphatic heterocycles. The van der Waals surface area contributed by atoms with Crippen LogP contribution in [0.2, 0.25) is 0 Å². The van der Waals surface area contributed by atoms with Crippen LogP contribution in [0.25, 0.3) is 0 Å². The number of nitrogens with zero attached hydrogens (tertiary/aromatic N) is 5. The molecule has 1 atom stereocenters. The Balaban J connectivity index is 1.35. The summed E-state index contributed by atoms with van der Waals surface area (Å²) in [6.07, 6.45) is -1.20. The molecule has 0 spiro atoms. The first-order valence-corrected chi connectivity index (χ1v) is 8.77. The van der Waals surface area contributed by atoms with E-state index in [1.807, 2.05) is 11.8 Å². The molecule has 2 aliphatic rings. The van der Waals surface area contributed by atoms with Crippen molar-refractivity contribution in [2.24, 2.45) is 0 Å². The van der Waals surface area contributed by atoms with Gasteiger partial charge in [0, 0.05) is 38.3 Å². The molecule has 26 heavy (non-hydrogen) atoms. The Morgan fingerprint density at radius 3 is 2.46 bits per heavy atom. The lowest BCUT2D eigenvalue weighted by atomic mass is 10.2. The van der Waals surface area contributed by atoms with Crippen LogP contribution in [-0.4, -0.2) is 46.2 Å². The van der Waals surface area contributed by atoms with Crippen molar-refractivity contribution >= 4 is 5.82 Å². The van der Waals surface area contributed by atoms with E-state index in [2.05, 4.69) is 20.0 Å². The molecule has 1 aliphatic carbocycles. The predicted molar refractivity (Wildman–Crippen MR) is 87.7 cm³/mol. The van der Waals surface area contributed by atoms with Crippen LogP contribution in [0, 0.1) is 0 Å². The van der Waals surface area contributed by atoms with E-state index in [1.54, 1.807) is 0 Å². The molecule has 140 valence electrons. The maximum Gasteiger partial charge on any atom is 0.417 e. The van der Waals surface area contributed by atoms with Crippen molar-refractivity contribution in [3.63, 3.8) is 0 Å². The van der Waals surface area contributed by atoms with Crippen LogP contribution in [0.1, 0.15) is 49.0 Å². The molecule has 2 aromatic heterocycles. The zero-order valence-corrected chi connectivity index (χ0v) is 14.4. The smallest absolute Gasteiger partial charge is 0.354 e. The predicted octanol–water partition coefficient (Wildman–Crippen LogP) is 3.24. The Morgan fingerprint density at radius 2 is 1.88 bits per heavy atom. The summed E-state index contributed by atoms with van der Waals surface area (Å²) in [5.74, 6) is 2.47. The number of aromatic nitrogens is 3. The summed E-state index contributed by atoms with van der Waals surface area (Å²) in [6.45, 7) is 4.92. The molecule has 1 saturated carbocycles. The molecule has 0 amide bonds. The van der Waals surface area contributed by atoms with Gasteiger partial charge >= 0.3 is 6.18 Å². The Morgan fingerprint density at radius 1 is 1.15 bits per heavy atom. The highest BCUT2D eigenvalue weighted by Gasteiger charge is 2.33. The van der Waals surface area contributed by atoms with Crippen LogP contribution < -0.4 is 4.90 Å². The van der Waals surface area contributed by atoms with Gasteiger partial charge < -0.3 is 9.42 Å². The van der Waals surface area contributed by atoms with Gasteiger partial charge in [-0.2, -0.15) is 18.2 Å². The first kappa shape index (κ1) is 17.3. The molecule has 2 fully saturated rings. The Kier molecular flexibility index (Phi) is 4.34. The van der Waals surface area contributed by atoms with E-state index in [0.29, 0.717) is 30.7 Å². The van der Waals surface area contributed by atoms with E-state index in [9.17, 15) is 13.2 Å². The number of hydrogen-bond donors (Lipinski definition) is 0. The van der Waals surface area contributed by atoms with Crippen molar-refractivity contribution in [3.05, 3.63) is 35.6 Å². The summed E-state index contributed by atoms with van der Waals surface area (Å²) in [5.41, 5.74) is -0.726. The molecular weight excluding hydrogens is 347 g/mol. The van der Waals surface area contributed by atoms with Gasteiger partial charge in [-0.1, -0.05) is 5.16 Å². The van der Waals surface area contributed by atoms with Crippen molar-refractivity contribution < 1.29 is 17.7 Å². The van der Waals surface area contributed by atoms with E-state index in [0.717, 1.165) is 44.0 Å². The van der Waals surface area contributed by atoms with Crippen LogP contribution in [0.3, 0.4) is 0 Å². The fourth-order valence-corrected chi connectivity index (χ4v) is 3.16. The fraction of sp³-hybridized carbons (Fsp3) is 0.588. The summed E-state index contributed by atoms with van der Waals surface area (Å²) in [5, 5.41) is 4.06. The average molecular weight is 367 g/mol. The number of piperazine rings is 1. The molecule has 1 unspecified atom stereocenters. The van der Waals surface area contributed by atoms with E-state index in [4.69, 9.17) is 4.52 Å². The third-order valence-electron chi connectivity index (χ3n) is 5.02. The second-order valence-corrected chi connectivity index (χ2v) is 6.87. The SMILES string of the molecule is CC(c1nc(C2CC2)no1)N1CCN(c2ccc(C(F)(F)F)cn2)CC1. The minimum atomic E-state index is -4.36. The highest BCUT2D eigenvalue weighted by atomic mass is 19.4. The van der Waals surface area contributed by atoms with Gasteiger partial charge in [-0.3, -0.25) is 4.90 Å². The van der Waals surface area contributed by atoms with Crippen LogP contribution in [-0.2, 0) is 6.18 Å². The minimum absolute atomic E-state index is 0.0257. The molecular formula is C17H20F3N5O. The number of alkyl halides is 3. The Hall–Kier alpha value is -2.16. The Labute approximate surface area is 149 Å². The van der Waals surface area contributed by atoms with Gasteiger partial charge in [0.2, 0.25) is 5.89 Å². The third-order valence-corrected chi connectivity index (χ3v) is 5.02. The zero-order valence-electron chi connectivity index (χ0n) is 14.4. The molecule has 9 heteroatoms. The van der Waals surface area contributed by atoms with E-state index < -0.39 is 11.7 Å². The average Bonchev–Trinajstić information content (AvgIpc) is 3.38. The monoisotopic (exact) mass is 367 g/mol. The van der Waals surface area contributed by atoms with Crippen LogP contribution in [0.5, 0.6) is 0 Å². The second-order valence-electron chi connectivity index (χ2n) is 6.87. The summed E-state index contributed by atoms with van der Waals surface area (Å²) in [4.78, 5) is 12.7. The summed E-state index contributed by atoms with van der Waals surface area (Å²) >= 11 is 0. The first-order chi connectivity index (χ1) is 12.4. The molecule has 2 aromatic rings. The van der Waals surface area contributed by atoms with Crippen molar-refractivity contribution in [1.82, 2.24) is 20.0 Å². The van der Waals surface area contributed by atoms with Crippen molar-refractivity contribution in [1.29, 1.82) is 0 Å². The molecule has 0 radical (unpaired) electrons. The van der Waals surface area contributed by atoms with Crippen molar-refractivity contribution in [2.45, 2.75) is 37.9 Å². The first-order valence-electron chi connectivity index (χ1n) is 8.77. The largest absolute Gasteiger partial charge is 0.417 e. The van der Waals surface area contributed by atoms with Gasteiger partial charge in [0.25, 0.3) is 0 Å². The standard InChI is InChI=1S/C17H20F3N5O/c1-11(16-22-15(23-26-16)12-2-3-12)24-6-8-25(9-7-24)14-5-4-13(10-21-14)17(18,19)20/h4-5,10-12H,2-3,6-9H2,1H3. The van der Waals surface area contributed by atoms with Gasteiger partial charge in [-0.25, -0.2) is 4.98 Å². The molecule has 1 saturated heterocycles. The Bertz CT molecular complexity index is 749. The number of anilines is 1. The summed E-state index contributed by atoms with van der Waals surface area (Å²) in [7, 11) is 0. The van der Waals surface area contributed by atoms with Crippen LogP contribution in [0.15, 0.2) is 22.9 Å². The normalized spacial score (nSPS) is 20.4. The number of hydrogen-bond acceptors (Lipinski definition) is 6. The summed E-state index contributed by atoms with van der Waals surface area (Å²) in [6, 6.07) is 2.54. The fourth-order valence-electron chi connectivity index (χ4n) is 3.16. The molecule has 3 heterocycles. The van der Waals surface area contributed by atoms with E-state index >= 15 is 0 Å². The highest BCUT2D eigenvalue weighted by molar-refractivity contribution is 5.40. The van der Waals surface area contributed by atoms with Gasteiger partial charge in [0.1, 0.15) is 5.82 Å². The topological polar surface area (TPSA) is 58.3 Å². The second kappa shape index (κ2) is 6.53. The lowest BCUT2D eigenvalue weighted by Crippen LogP contribution is -2.47. The number of rotatable bonds is 4. The molecule has 6 nitrogen and oxygen atoms in total. The minimum Gasteiger partial charge on any atom is -0.354 e. The number of pyridine rings is 1. The lowest BCUT2D eigenvalue weighted by Gasteiger charge is -2.37. The van der Waals surface area contributed by atoms with Crippen molar-refractivity contribution in [2.75, 3.05) is 31.1 Å². The quantitative estimate of drug-likeness (QED) is 0.827. The van der Waals surface area contributed by atoms with Gasteiger partial charge in [0.15, 0.2) is 5.82 Å². The van der Waals surface area contributed by atoms with Gasteiger partial charge in [-0.15, -0.1) is 0 Å². The highest BCUT2D eigenvalue weighted by Crippen LogP contribution is 2.38. The maximum absolute atomic E-state index is 12.6. The van der Waals surface area contributed by atoms with Crippen molar-refractivity contribution in [3.8, 4) is 0 Å².